The van der Waals surface area contributed by atoms with Gasteiger partial charge in [0, 0.05) is 5.56 Å². The van der Waals surface area contributed by atoms with E-state index in [2.05, 4.69) is 20.3 Å². The highest BCUT2D eigenvalue weighted by Gasteiger charge is 2.22. The van der Waals surface area contributed by atoms with Crippen molar-refractivity contribution in [1.29, 1.82) is 0 Å². The van der Waals surface area contributed by atoms with Crippen LogP contribution in [0.25, 0.3) is 11.4 Å². The first-order chi connectivity index (χ1) is 13.9. The average molecular weight is 417 g/mol. The van der Waals surface area contributed by atoms with E-state index < -0.39 is 26.8 Å². The van der Waals surface area contributed by atoms with Crippen molar-refractivity contribution in [3.05, 3.63) is 60.4 Å². The molecule has 11 heteroatoms. The van der Waals surface area contributed by atoms with Crippen LogP contribution >= 0.6 is 0 Å². The number of amides is 2. The first kappa shape index (κ1) is 20.1. The van der Waals surface area contributed by atoms with E-state index in [9.17, 15) is 17.6 Å². The van der Waals surface area contributed by atoms with Crippen LogP contribution in [0.4, 0.5) is 15.1 Å². The highest BCUT2D eigenvalue weighted by molar-refractivity contribution is 7.90. The van der Waals surface area contributed by atoms with Crippen LogP contribution in [0.2, 0.25) is 0 Å². The number of carbonyl (C=O) groups excluding carboxylic acids is 1. The summed E-state index contributed by atoms with van der Waals surface area (Å²) in [6.07, 6.45) is 0. The second kappa shape index (κ2) is 8.61. The molecule has 0 bridgehead atoms. The van der Waals surface area contributed by atoms with Crippen molar-refractivity contribution in [3.8, 4) is 17.4 Å². The van der Waals surface area contributed by atoms with Gasteiger partial charge in [0.2, 0.25) is 5.95 Å². The molecule has 0 aliphatic heterocycles. The Morgan fingerprint density at radius 3 is 2.41 bits per heavy atom. The highest BCUT2D eigenvalue weighted by atomic mass is 32.2. The third-order valence-electron chi connectivity index (χ3n) is 3.50. The van der Waals surface area contributed by atoms with Crippen LogP contribution in [-0.4, -0.2) is 36.0 Å². The van der Waals surface area contributed by atoms with Gasteiger partial charge in [-0.2, -0.15) is 15.0 Å². The number of aromatic nitrogens is 3. The minimum Gasteiger partial charge on any atom is -0.464 e. The Morgan fingerprint density at radius 1 is 1.03 bits per heavy atom. The number of hydrogen-bond donors (Lipinski definition) is 2. The highest BCUT2D eigenvalue weighted by Crippen LogP contribution is 2.19. The van der Waals surface area contributed by atoms with Gasteiger partial charge in [-0.05, 0) is 19.1 Å². The van der Waals surface area contributed by atoms with E-state index >= 15 is 0 Å². The van der Waals surface area contributed by atoms with E-state index in [0.717, 1.165) is 12.1 Å². The molecule has 0 saturated carbocycles. The number of sulfonamides is 1. The molecule has 2 amide bonds. The van der Waals surface area contributed by atoms with E-state index in [1.54, 1.807) is 35.9 Å². The Labute approximate surface area is 166 Å². The summed E-state index contributed by atoms with van der Waals surface area (Å²) in [6, 6.07) is 12.3. The largest absolute Gasteiger partial charge is 0.464 e. The molecule has 0 aliphatic carbocycles. The number of anilines is 1. The van der Waals surface area contributed by atoms with E-state index in [1.165, 1.54) is 12.1 Å². The van der Waals surface area contributed by atoms with Gasteiger partial charge in [0.1, 0.15) is 10.7 Å². The number of hydrogen-bond acceptors (Lipinski definition) is 7. The molecule has 0 aliphatic rings. The maximum Gasteiger partial charge on any atom is 0.335 e. The lowest BCUT2D eigenvalue weighted by molar-refractivity contribution is 0.256. The standard InChI is InChI=1S/C18H16FN5O4S/c1-2-28-18-21-15(12-8-4-3-5-9-12)20-16(23-18)22-17(25)24-29(26,27)14-11-7-6-10-13(14)19/h3-11H,2H2,1H3,(H2,20,21,22,23,24,25). The summed E-state index contributed by atoms with van der Waals surface area (Å²) < 4.78 is 45.2. The van der Waals surface area contributed by atoms with Crippen LogP contribution in [0.3, 0.4) is 0 Å². The van der Waals surface area contributed by atoms with Gasteiger partial charge in [0.05, 0.1) is 6.61 Å². The van der Waals surface area contributed by atoms with Gasteiger partial charge in [-0.3, -0.25) is 5.32 Å². The first-order valence-corrected chi connectivity index (χ1v) is 9.90. The molecule has 9 nitrogen and oxygen atoms in total. The van der Waals surface area contributed by atoms with Crippen molar-refractivity contribution in [2.45, 2.75) is 11.8 Å². The second-order valence-corrected chi connectivity index (χ2v) is 7.21. The topological polar surface area (TPSA) is 123 Å². The van der Waals surface area contributed by atoms with Crippen LogP contribution in [0.5, 0.6) is 6.01 Å². The van der Waals surface area contributed by atoms with E-state index in [4.69, 9.17) is 4.74 Å². The smallest absolute Gasteiger partial charge is 0.335 e. The molecule has 3 rings (SSSR count). The number of benzene rings is 2. The lowest BCUT2D eigenvalue weighted by Gasteiger charge is -2.10. The zero-order chi connectivity index (χ0) is 20.9. The predicted molar refractivity (Wildman–Crippen MR) is 102 cm³/mol. The number of nitrogens with one attached hydrogen (secondary N) is 2. The Hall–Kier alpha value is -3.60. The van der Waals surface area contributed by atoms with Gasteiger partial charge >= 0.3 is 12.0 Å². The van der Waals surface area contributed by atoms with Gasteiger partial charge in [-0.15, -0.1) is 0 Å². The van der Waals surface area contributed by atoms with Crippen molar-refractivity contribution in [2.24, 2.45) is 0 Å². The SMILES string of the molecule is CCOc1nc(NC(=O)NS(=O)(=O)c2ccccc2F)nc(-c2ccccc2)n1. The molecule has 3 aromatic rings. The number of halogens is 1. The van der Waals surface area contributed by atoms with Crippen LogP contribution < -0.4 is 14.8 Å². The number of rotatable bonds is 6. The fourth-order valence-corrected chi connectivity index (χ4v) is 3.28. The molecule has 0 unspecified atom stereocenters. The van der Waals surface area contributed by atoms with Crippen molar-refractivity contribution in [2.75, 3.05) is 11.9 Å². The second-order valence-electron chi connectivity index (χ2n) is 5.55. The number of ether oxygens (including phenoxy) is 1. The Bertz CT molecular complexity index is 1130. The van der Waals surface area contributed by atoms with E-state index in [1.807, 2.05) is 6.07 Å². The molecule has 0 fully saturated rings. The van der Waals surface area contributed by atoms with Gasteiger partial charge in [0.25, 0.3) is 10.0 Å². The molecule has 0 spiro atoms. The molecule has 1 aromatic heterocycles. The minimum atomic E-state index is -4.43. The lowest BCUT2D eigenvalue weighted by atomic mass is 10.2. The summed E-state index contributed by atoms with van der Waals surface area (Å²) in [7, 11) is -4.43. The number of nitrogens with zero attached hydrogens (tertiary/aromatic N) is 3. The Balaban J connectivity index is 1.84. The Morgan fingerprint density at radius 2 is 1.72 bits per heavy atom. The zero-order valence-corrected chi connectivity index (χ0v) is 16.0. The Kier molecular flexibility index (Phi) is 5.98. The van der Waals surface area contributed by atoms with Gasteiger partial charge < -0.3 is 4.74 Å². The minimum absolute atomic E-state index is 0.0476. The average Bonchev–Trinajstić information content (AvgIpc) is 2.68. The van der Waals surface area contributed by atoms with Crippen molar-refractivity contribution >= 4 is 22.0 Å². The zero-order valence-electron chi connectivity index (χ0n) is 15.2. The summed E-state index contributed by atoms with van der Waals surface area (Å²) in [6.45, 7) is 2.00. The molecule has 0 atom stereocenters. The first-order valence-electron chi connectivity index (χ1n) is 8.41. The lowest BCUT2D eigenvalue weighted by Crippen LogP contribution is -2.35. The third-order valence-corrected chi connectivity index (χ3v) is 4.86. The summed E-state index contributed by atoms with van der Waals surface area (Å²) >= 11 is 0. The van der Waals surface area contributed by atoms with Crippen LogP contribution in [0.15, 0.2) is 59.5 Å². The maximum atomic E-state index is 13.7. The molecule has 2 aromatic carbocycles. The summed E-state index contributed by atoms with van der Waals surface area (Å²) in [5, 5.41) is 2.20. The summed E-state index contributed by atoms with van der Waals surface area (Å²) in [4.78, 5) is 23.7. The fraction of sp³-hybridized carbons (Fsp3) is 0.111. The van der Waals surface area contributed by atoms with Gasteiger partial charge in [-0.1, -0.05) is 42.5 Å². The normalized spacial score (nSPS) is 11.0. The van der Waals surface area contributed by atoms with Crippen molar-refractivity contribution < 1.29 is 22.3 Å². The fourth-order valence-electron chi connectivity index (χ4n) is 2.29. The quantitative estimate of drug-likeness (QED) is 0.632. The third kappa shape index (κ3) is 5.02. The molecule has 0 saturated heterocycles. The maximum absolute atomic E-state index is 13.7. The van der Waals surface area contributed by atoms with Gasteiger partial charge in [0.15, 0.2) is 5.82 Å². The van der Waals surface area contributed by atoms with Crippen molar-refractivity contribution in [1.82, 2.24) is 19.7 Å². The van der Waals surface area contributed by atoms with E-state index in [-0.39, 0.29) is 24.4 Å². The van der Waals surface area contributed by atoms with Gasteiger partial charge in [-0.25, -0.2) is 22.3 Å². The van der Waals surface area contributed by atoms with Crippen LogP contribution in [0.1, 0.15) is 6.92 Å². The summed E-state index contributed by atoms with van der Waals surface area (Å²) in [5.74, 6) is -1.00. The molecule has 0 radical (unpaired) electrons. The molecular weight excluding hydrogens is 401 g/mol. The molecule has 29 heavy (non-hydrogen) atoms. The number of carbonyl (C=O) groups is 1. The molecule has 150 valence electrons. The predicted octanol–water partition coefficient (Wildman–Crippen LogP) is 2.59. The van der Waals surface area contributed by atoms with Crippen LogP contribution in [0, 0.1) is 5.82 Å². The summed E-state index contributed by atoms with van der Waals surface area (Å²) in [5.41, 5.74) is 0.637. The van der Waals surface area contributed by atoms with Crippen LogP contribution in [-0.2, 0) is 10.0 Å². The molecule has 2 N–H and O–H groups in total. The van der Waals surface area contributed by atoms with E-state index in [0.29, 0.717) is 5.56 Å². The number of urea groups is 1. The van der Waals surface area contributed by atoms with Crippen molar-refractivity contribution in [3.63, 3.8) is 0 Å². The monoisotopic (exact) mass is 417 g/mol. The molecule has 1 heterocycles. The molecular formula is C18H16FN5O4S.